The van der Waals surface area contributed by atoms with Crippen LogP contribution in [0.4, 0.5) is 0 Å². The van der Waals surface area contributed by atoms with Crippen LogP contribution in [0.15, 0.2) is 28.5 Å². The average molecular weight is 290 g/mol. The molecule has 20 heavy (non-hydrogen) atoms. The summed E-state index contributed by atoms with van der Waals surface area (Å²) in [6.45, 7) is 4.00. The molecule has 0 aliphatic heterocycles. The molecule has 7 heteroatoms. The van der Waals surface area contributed by atoms with Crippen LogP contribution in [0.5, 0.6) is 0 Å². The average Bonchev–Trinajstić information content (AvgIpc) is 2.47. The third-order valence-electron chi connectivity index (χ3n) is 2.68. The molecule has 0 atom stereocenters. The third kappa shape index (κ3) is 3.11. The molecule has 0 aliphatic carbocycles. The van der Waals surface area contributed by atoms with Crippen molar-refractivity contribution in [3.05, 3.63) is 35.3 Å². The second-order valence-electron chi connectivity index (χ2n) is 3.96. The smallest absolute Gasteiger partial charge is 0.338 e. The van der Waals surface area contributed by atoms with Gasteiger partial charge in [0.1, 0.15) is 5.03 Å². The lowest BCUT2D eigenvalue weighted by atomic mass is 10.2. The van der Waals surface area contributed by atoms with Crippen LogP contribution < -0.4 is 0 Å². The van der Waals surface area contributed by atoms with E-state index in [0.717, 1.165) is 36.0 Å². The number of pyridine rings is 1. The lowest BCUT2D eigenvalue weighted by Crippen LogP contribution is -2.05. The molecule has 0 aromatic carbocycles. The van der Waals surface area contributed by atoms with E-state index in [2.05, 4.69) is 20.2 Å². The van der Waals surface area contributed by atoms with Crippen LogP contribution in [0, 0.1) is 0 Å². The number of carboxylic acid groups (broad SMARTS) is 1. The van der Waals surface area contributed by atoms with Crippen LogP contribution in [0.3, 0.4) is 0 Å². The molecule has 0 radical (unpaired) electrons. The zero-order chi connectivity index (χ0) is 14.5. The molecule has 0 spiro atoms. The number of nitrogens with zero attached hydrogens (tertiary/aromatic N) is 4. The van der Waals surface area contributed by atoms with Crippen molar-refractivity contribution in [2.24, 2.45) is 0 Å². The molecular formula is C13H14N4O2S. The van der Waals surface area contributed by atoms with Gasteiger partial charge in [-0.1, -0.05) is 13.8 Å². The molecule has 104 valence electrons. The van der Waals surface area contributed by atoms with E-state index in [9.17, 15) is 4.79 Å². The highest BCUT2D eigenvalue weighted by atomic mass is 32.2. The summed E-state index contributed by atoms with van der Waals surface area (Å²) in [6, 6.07) is 3.09. The Morgan fingerprint density at radius 3 is 2.65 bits per heavy atom. The monoisotopic (exact) mass is 290 g/mol. The summed E-state index contributed by atoms with van der Waals surface area (Å²) in [4.78, 5) is 19.6. The first-order valence-corrected chi connectivity index (χ1v) is 7.06. The largest absolute Gasteiger partial charge is 0.478 e. The fraction of sp³-hybridized carbons (Fsp3) is 0.308. The maximum absolute atomic E-state index is 11.1. The highest BCUT2D eigenvalue weighted by Gasteiger charge is 2.14. The van der Waals surface area contributed by atoms with E-state index in [1.165, 1.54) is 6.07 Å². The Morgan fingerprint density at radius 1 is 1.25 bits per heavy atom. The van der Waals surface area contributed by atoms with Gasteiger partial charge in [-0.25, -0.2) is 14.8 Å². The van der Waals surface area contributed by atoms with Crippen LogP contribution in [0.25, 0.3) is 0 Å². The van der Waals surface area contributed by atoms with E-state index >= 15 is 0 Å². The van der Waals surface area contributed by atoms with Crippen LogP contribution in [-0.4, -0.2) is 31.2 Å². The summed E-state index contributed by atoms with van der Waals surface area (Å²) in [7, 11) is 0. The molecule has 0 saturated heterocycles. The van der Waals surface area contributed by atoms with E-state index < -0.39 is 5.97 Å². The fourth-order valence-corrected chi connectivity index (χ4v) is 2.47. The Kier molecular flexibility index (Phi) is 4.62. The second kappa shape index (κ2) is 6.42. The van der Waals surface area contributed by atoms with Crippen LogP contribution in [-0.2, 0) is 12.8 Å². The maximum atomic E-state index is 11.1. The van der Waals surface area contributed by atoms with Gasteiger partial charge in [-0.05, 0) is 36.7 Å². The minimum Gasteiger partial charge on any atom is -0.478 e. The molecule has 2 heterocycles. The number of rotatable bonds is 5. The minimum absolute atomic E-state index is 0.138. The zero-order valence-electron chi connectivity index (χ0n) is 11.2. The van der Waals surface area contributed by atoms with Crippen molar-refractivity contribution >= 4 is 17.7 Å². The lowest BCUT2D eigenvalue weighted by molar-refractivity contribution is 0.0692. The van der Waals surface area contributed by atoms with E-state index in [1.807, 2.05) is 13.8 Å². The van der Waals surface area contributed by atoms with Gasteiger partial charge in [-0.15, -0.1) is 5.10 Å². The van der Waals surface area contributed by atoms with Gasteiger partial charge in [0.05, 0.1) is 17.0 Å². The molecule has 2 rings (SSSR count). The highest BCUT2D eigenvalue weighted by Crippen LogP contribution is 2.25. The van der Waals surface area contributed by atoms with Gasteiger partial charge in [0.15, 0.2) is 0 Å². The third-order valence-corrected chi connectivity index (χ3v) is 3.55. The molecule has 0 saturated carbocycles. The molecular weight excluding hydrogens is 276 g/mol. The van der Waals surface area contributed by atoms with Crippen molar-refractivity contribution in [1.29, 1.82) is 0 Å². The molecule has 0 unspecified atom stereocenters. The first kappa shape index (κ1) is 14.4. The summed E-state index contributed by atoms with van der Waals surface area (Å²) < 4.78 is 0. The van der Waals surface area contributed by atoms with Crippen LogP contribution >= 0.6 is 11.8 Å². The Bertz CT molecular complexity index is 634. The number of carbonyl (C=O) groups is 1. The fourth-order valence-electron chi connectivity index (χ4n) is 1.69. The first-order chi connectivity index (χ1) is 9.65. The molecule has 0 aliphatic rings. The van der Waals surface area contributed by atoms with Crippen molar-refractivity contribution < 1.29 is 9.90 Å². The minimum atomic E-state index is -1.02. The Hall–Kier alpha value is -2.02. The number of hydrogen-bond acceptors (Lipinski definition) is 6. The Labute approximate surface area is 120 Å². The summed E-state index contributed by atoms with van der Waals surface area (Å²) in [5.41, 5.74) is 1.90. The molecule has 0 fully saturated rings. The summed E-state index contributed by atoms with van der Waals surface area (Å²) in [5.74, 6) is -1.02. The standard InChI is InChI=1S/C13H14N4O2S/c1-3-9-10(4-2)16-17-13(15-9)20-11-8(12(18)19)6-5-7-14-11/h5-7H,3-4H2,1-2H3,(H,18,19). The first-order valence-electron chi connectivity index (χ1n) is 6.24. The van der Waals surface area contributed by atoms with Crippen LogP contribution in [0.2, 0.25) is 0 Å². The van der Waals surface area contributed by atoms with Crippen LogP contribution in [0.1, 0.15) is 35.6 Å². The highest BCUT2D eigenvalue weighted by molar-refractivity contribution is 7.99. The molecule has 2 aromatic heterocycles. The summed E-state index contributed by atoms with van der Waals surface area (Å²) in [5, 5.41) is 18.1. The lowest BCUT2D eigenvalue weighted by Gasteiger charge is -2.06. The number of aryl methyl sites for hydroxylation is 2. The normalized spacial score (nSPS) is 10.5. The van der Waals surface area contributed by atoms with Gasteiger partial charge >= 0.3 is 5.97 Å². The number of aromatic carboxylic acids is 1. The maximum Gasteiger partial charge on any atom is 0.338 e. The van der Waals surface area contributed by atoms with Crippen molar-refractivity contribution in [2.75, 3.05) is 0 Å². The second-order valence-corrected chi connectivity index (χ2v) is 4.91. The van der Waals surface area contributed by atoms with Gasteiger partial charge < -0.3 is 5.11 Å². The van der Waals surface area contributed by atoms with Crippen molar-refractivity contribution in [3.8, 4) is 0 Å². The predicted octanol–water partition coefficient (Wildman–Crippen LogP) is 2.24. The quantitative estimate of drug-likeness (QED) is 0.903. The van der Waals surface area contributed by atoms with Gasteiger partial charge in [0, 0.05) is 6.20 Å². The molecule has 0 amide bonds. The van der Waals surface area contributed by atoms with Crippen molar-refractivity contribution in [2.45, 2.75) is 36.9 Å². The van der Waals surface area contributed by atoms with Gasteiger partial charge in [0.25, 0.3) is 0 Å². The number of carboxylic acids is 1. The van der Waals surface area contributed by atoms with Gasteiger partial charge in [-0.2, -0.15) is 5.10 Å². The summed E-state index contributed by atoms with van der Waals surface area (Å²) in [6.07, 6.45) is 3.09. The summed E-state index contributed by atoms with van der Waals surface area (Å²) >= 11 is 1.11. The predicted molar refractivity (Wildman–Crippen MR) is 73.9 cm³/mol. The molecule has 2 aromatic rings. The Balaban J connectivity index is 2.33. The van der Waals surface area contributed by atoms with Gasteiger partial charge in [0.2, 0.25) is 5.16 Å². The van der Waals surface area contributed by atoms with E-state index in [4.69, 9.17) is 5.11 Å². The van der Waals surface area contributed by atoms with Crippen molar-refractivity contribution in [1.82, 2.24) is 20.2 Å². The van der Waals surface area contributed by atoms with E-state index in [0.29, 0.717) is 10.2 Å². The van der Waals surface area contributed by atoms with E-state index in [1.54, 1.807) is 12.3 Å². The Morgan fingerprint density at radius 2 is 2.00 bits per heavy atom. The SMILES string of the molecule is CCc1nnc(Sc2ncccc2C(=O)O)nc1CC. The molecule has 1 N–H and O–H groups in total. The topological polar surface area (TPSA) is 88.9 Å². The number of hydrogen-bond donors (Lipinski definition) is 1. The number of aromatic nitrogens is 4. The molecule has 0 bridgehead atoms. The van der Waals surface area contributed by atoms with Gasteiger partial charge in [-0.3, -0.25) is 0 Å². The molecule has 6 nitrogen and oxygen atoms in total. The van der Waals surface area contributed by atoms with Crippen molar-refractivity contribution in [3.63, 3.8) is 0 Å². The van der Waals surface area contributed by atoms with E-state index in [-0.39, 0.29) is 5.56 Å². The zero-order valence-corrected chi connectivity index (χ0v) is 12.0.